The number of benzene rings is 6. The second kappa shape index (κ2) is 13.4. The fourth-order valence-electron chi connectivity index (χ4n) is 6.95. The first-order valence-corrected chi connectivity index (χ1v) is 17.6. The summed E-state index contributed by atoms with van der Waals surface area (Å²) in [6.07, 6.45) is 1.58. The maximum Gasteiger partial charge on any atom is 0.149 e. The zero-order valence-corrected chi connectivity index (χ0v) is 30.3. The van der Waals surface area contributed by atoms with Crippen molar-refractivity contribution in [1.29, 1.82) is 0 Å². The molecule has 0 spiro atoms. The van der Waals surface area contributed by atoms with Crippen LogP contribution >= 0.6 is 0 Å². The average molecular weight is 698 g/mol. The van der Waals surface area contributed by atoms with E-state index in [1.165, 1.54) is 0 Å². The van der Waals surface area contributed by atoms with Gasteiger partial charge < -0.3 is 5.11 Å². The summed E-state index contributed by atoms with van der Waals surface area (Å²) in [4.78, 5) is 10.0. The molecule has 0 atom stereocenters. The third kappa shape index (κ3) is 6.42. The van der Waals surface area contributed by atoms with E-state index >= 15 is 0 Å². The van der Waals surface area contributed by atoms with E-state index < -0.39 is 25.0 Å². The molecule has 0 amide bonds. The lowest BCUT2D eigenvalue weighted by Crippen LogP contribution is -2.11. The summed E-state index contributed by atoms with van der Waals surface area (Å²) in [6.45, 7) is 7.70. The molecule has 0 saturated carbocycles. The van der Waals surface area contributed by atoms with Crippen molar-refractivity contribution < 1.29 is 16.1 Å². The van der Waals surface area contributed by atoms with Crippen molar-refractivity contribution in [3.8, 4) is 67.5 Å². The second-order valence-electron chi connectivity index (χ2n) is 14.5. The minimum Gasteiger partial charge on any atom is -0.507 e. The van der Waals surface area contributed by atoms with E-state index in [0.29, 0.717) is 50.5 Å². The Bertz CT molecular complexity index is 3010. The molecule has 2 aromatic heterocycles. The van der Waals surface area contributed by atoms with Crippen LogP contribution in [0.2, 0.25) is 0 Å². The molecule has 53 heavy (non-hydrogen) atoms. The van der Waals surface area contributed by atoms with Crippen LogP contribution in [0.25, 0.3) is 72.7 Å². The molecule has 2 heterocycles. The summed E-state index contributed by atoms with van der Waals surface area (Å²) in [6, 6.07) is 32.2. The van der Waals surface area contributed by atoms with Gasteiger partial charge in [0.2, 0.25) is 0 Å². The van der Waals surface area contributed by atoms with Gasteiger partial charge in [0.15, 0.2) is 0 Å². The number of aromatic hydroxyl groups is 1. The van der Waals surface area contributed by atoms with Gasteiger partial charge in [-0.05, 0) is 125 Å². The zero-order chi connectivity index (χ0) is 43.7. The summed E-state index contributed by atoms with van der Waals surface area (Å²) in [5.41, 5.74) is 9.68. The van der Waals surface area contributed by atoms with E-state index in [-0.39, 0.29) is 34.4 Å². The average Bonchev–Trinajstić information content (AvgIpc) is 3.62. The van der Waals surface area contributed by atoms with Crippen LogP contribution in [0.15, 0.2) is 146 Å². The number of imidazole rings is 1. The smallest absolute Gasteiger partial charge is 0.149 e. The number of fused-ring (bicyclic) bond motifs is 1. The second-order valence-corrected chi connectivity index (χ2v) is 14.5. The Labute approximate surface area is 323 Å². The summed E-state index contributed by atoms with van der Waals surface area (Å²) < 4.78 is 69.5. The molecule has 8 rings (SSSR count). The van der Waals surface area contributed by atoms with Crippen molar-refractivity contribution >= 4 is 11.0 Å². The Morgan fingerprint density at radius 2 is 1.45 bits per heavy atom. The monoisotopic (exact) mass is 697 g/mol. The lowest BCUT2D eigenvalue weighted by atomic mass is 9.83. The van der Waals surface area contributed by atoms with E-state index in [4.69, 9.17) is 20.9 Å². The topological polar surface area (TPSA) is 50.9 Å². The highest BCUT2D eigenvalue weighted by molar-refractivity contribution is 5.97. The first-order valence-electron chi connectivity index (χ1n) is 21.6. The number of pyridine rings is 1. The first-order chi connectivity index (χ1) is 28.8. The molecule has 0 bridgehead atoms. The maximum atomic E-state index is 11.6. The molecule has 260 valence electrons. The quantitative estimate of drug-likeness (QED) is 0.188. The molecule has 0 aliphatic rings. The molecule has 0 unspecified atom stereocenters. The highest BCUT2D eigenvalue weighted by Crippen LogP contribution is 2.41. The molecule has 4 nitrogen and oxygen atoms in total. The molecule has 0 aliphatic heterocycles. The van der Waals surface area contributed by atoms with E-state index in [0.717, 1.165) is 33.4 Å². The molecule has 1 N–H and O–H groups in total. The molecule has 4 heteroatoms. The molecular weight excluding hydrogens is 647 g/mol. The maximum absolute atomic E-state index is 11.6. The zero-order valence-electron chi connectivity index (χ0n) is 38.3. The van der Waals surface area contributed by atoms with Crippen molar-refractivity contribution in [2.45, 2.75) is 46.9 Å². The van der Waals surface area contributed by atoms with Gasteiger partial charge in [-0.2, -0.15) is 0 Å². The van der Waals surface area contributed by atoms with Crippen LogP contribution in [0.3, 0.4) is 0 Å². The number of rotatable bonds is 6. The number of aryl methyl sites for hydroxylation is 3. The molecule has 0 aliphatic carbocycles. The third-order valence-electron chi connectivity index (χ3n) is 9.67. The number of nitrogens with zero attached hydrogens (tertiary/aromatic N) is 3. The number of aromatic nitrogens is 3. The molecular formula is C49H43N3O. The number of hydrogen-bond donors (Lipinski definition) is 1. The van der Waals surface area contributed by atoms with Crippen molar-refractivity contribution in [3.05, 3.63) is 168 Å². The standard InChI is InChI=1S/C49H43N3O/c1-31-24-33(3)47(53)43(25-31)48-51-46-42(18-13-19-45(46)52(48)40-20-21-41(32(2)26-40)35-16-11-8-12-17-35)37-27-38(29-39(28-37)49(4,5)6)44-30-36(22-23-50-44)34-14-9-7-10-15-34/h7-30,53H,1-6H3/i2D3,7D,9D,10D,14D,15D. The fraction of sp³-hybridized carbons (Fsp3) is 0.143. The van der Waals surface area contributed by atoms with Gasteiger partial charge >= 0.3 is 0 Å². The van der Waals surface area contributed by atoms with Gasteiger partial charge in [0.05, 0.1) is 29.1 Å². The fourth-order valence-corrected chi connectivity index (χ4v) is 6.95. The lowest BCUT2D eigenvalue weighted by molar-refractivity contribution is 0.472. The van der Waals surface area contributed by atoms with Crippen LogP contribution in [0.4, 0.5) is 0 Å². The predicted octanol–water partition coefficient (Wildman–Crippen LogP) is 12.7. The van der Waals surface area contributed by atoms with Crippen LogP contribution in [0, 0.1) is 20.7 Å². The SMILES string of the molecule is [2H]c1c([2H])c([2H])c(-c2ccnc(-c3cc(-c4cccc5c4nc(-c4cc(C)cc(C)c4O)n5-c4ccc(-c5ccccc5)c(C([2H])([2H])[2H])c4)cc(C(C)(C)C)c3)c2)c([2H])c1[2H]. The summed E-state index contributed by atoms with van der Waals surface area (Å²) in [5.74, 6) is 0.513. The first kappa shape index (κ1) is 25.7. The molecule has 0 fully saturated rings. The van der Waals surface area contributed by atoms with E-state index in [2.05, 4.69) is 32.9 Å². The Hall–Kier alpha value is -6.26. The Morgan fingerprint density at radius 3 is 2.23 bits per heavy atom. The van der Waals surface area contributed by atoms with Crippen LogP contribution in [-0.4, -0.2) is 19.6 Å². The normalized spacial score (nSPS) is 14.1. The molecule has 0 radical (unpaired) electrons. The summed E-state index contributed by atoms with van der Waals surface area (Å²) in [5, 5.41) is 11.6. The van der Waals surface area contributed by atoms with Gasteiger partial charge in [0.1, 0.15) is 11.6 Å². The van der Waals surface area contributed by atoms with Crippen molar-refractivity contribution in [2.24, 2.45) is 0 Å². The molecule has 0 saturated heterocycles. The minimum atomic E-state index is -2.44. The Kier molecular flexibility index (Phi) is 6.47. The molecule has 8 aromatic rings. The highest BCUT2D eigenvalue weighted by Gasteiger charge is 2.23. The van der Waals surface area contributed by atoms with Crippen molar-refractivity contribution in [3.63, 3.8) is 0 Å². The number of phenols is 1. The van der Waals surface area contributed by atoms with Gasteiger partial charge in [-0.3, -0.25) is 9.55 Å². The van der Waals surface area contributed by atoms with Crippen LogP contribution in [-0.2, 0) is 5.41 Å². The van der Waals surface area contributed by atoms with Crippen molar-refractivity contribution in [1.82, 2.24) is 14.5 Å². The van der Waals surface area contributed by atoms with Crippen LogP contribution < -0.4 is 0 Å². The van der Waals surface area contributed by atoms with Gasteiger partial charge in [-0.15, -0.1) is 0 Å². The third-order valence-corrected chi connectivity index (χ3v) is 9.67. The van der Waals surface area contributed by atoms with Gasteiger partial charge in [-0.25, -0.2) is 4.98 Å². The predicted molar refractivity (Wildman–Crippen MR) is 221 cm³/mol. The Morgan fingerprint density at radius 1 is 0.660 bits per heavy atom. The lowest BCUT2D eigenvalue weighted by Gasteiger charge is -2.22. The summed E-state index contributed by atoms with van der Waals surface area (Å²) >= 11 is 0. The van der Waals surface area contributed by atoms with E-state index in [1.54, 1.807) is 24.4 Å². The highest BCUT2D eigenvalue weighted by atomic mass is 16.3. The number of para-hydroxylation sites is 1. The van der Waals surface area contributed by atoms with Crippen LogP contribution in [0.1, 0.15) is 54.0 Å². The van der Waals surface area contributed by atoms with Crippen LogP contribution in [0.5, 0.6) is 5.75 Å². The summed E-state index contributed by atoms with van der Waals surface area (Å²) in [7, 11) is 0. The largest absolute Gasteiger partial charge is 0.507 e. The van der Waals surface area contributed by atoms with Crippen molar-refractivity contribution in [2.75, 3.05) is 0 Å². The molecule has 6 aromatic carbocycles. The minimum absolute atomic E-state index is 0.0720. The van der Waals surface area contributed by atoms with Gasteiger partial charge in [-0.1, -0.05) is 112 Å². The van der Waals surface area contributed by atoms with E-state index in [9.17, 15) is 5.11 Å². The number of phenolic OH excluding ortho intramolecular Hbond substituents is 1. The van der Waals surface area contributed by atoms with E-state index in [1.807, 2.05) is 97.3 Å². The Balaban J connectivity index is 1.38. The van der Waals surface area contributed by atoms with Gasteiger partial charge in [0, 0.05) is 27.1 Å². The number of hydrogen-bond acceptors (Lipinski definition) is 3. The van der Waals surface area contributed by atoms with Gasteiger partial charge in [0.25, 0.3) is 0 Å².